The number of carbonyl (C=O) groups excluding carboxylic acids is 6. The molecular formula is C94H100FN15O15S3. The molecule has 14 aromatic rings. The van der Waals surface area contributed by atoms with Crippen molar-refractivity contribution in [3.05, 3.63) is 246 Å². The number of halogens is 1. The van der Waals surface area contributed by atoms with Gasteiger partial charge in [-0.25, -0.2) is 34.3 Å². The lowest BCUT2D eigenvalue weighted by Gasteiger charge is -2.24. The zero-order chi connectivity index (χ0) is 93.0. The van der Waals surface area contributed by atoms with Gasteiger partial charge in [0.1, 0.15) is 39.8 Å². The number of nitrogens with one attached hydrogen (secondary N) is 6. The maximum atomic E-state index is 13.6. The van der Waals surface area contributed by atoms with Crippen molar-refractivity contribution >= 4 is 115 Å². The third-order valence-corrected chi connectivity index (χ3v) is 23.9. The number of hydrogen-bond acceptors (Lipinski definition) is 19. The summed E-state index contributed by atoms with van der Waals surface area (Å²) < 4.78 is 115. The summed E-state index contributed by atoms with van der Waals surface area (Å²) in [5.74, 6) is -1.53. The van der Waals surface area contributed by atoms with Crippen LogP contribution in [-0.2, 0) is 30.1 Å². The van der Waals surface area contributed by atoms with Crippen LogP contribution in [0.3, 0.4) is 0 Å². The third-order valence-electron chi connectivity index (χ3n) is 20.1. The molecule has 666 valence electrons. The molecule has 30 nitrogen and oxygen atoms in total. The van der Waals surface area contributed by atoms with Crippen LogP contribution in [-0.4, -0.2) is 167 Å². The van der Waals surface area contributed by atoms with Gasteiger partial charge in [0.05, 0.1) is 88.7 Å². The molecule has 5 aromatic heterocycles. The largest absolute Gasteiger partial charge is 0.455 e. The fourth-order valence-electron chi connectivity index (χ4n) is 14.7. The van der Waals surface area contributed by atoms with Crippen molar-refractivity contribution < 1.29 is 71.7 Å². The Hall–Kier alpha value is -14.1. The van der Waals surface area contributed by atoms with E-state index in [0.29, 0.717) is 134 Å². The Morgan fingerprint density at radius 1 is 0.383 bits per heavy atom. The number of nitrogens with zero attached hydrogens (tertiary/aromatic N) is 9. The number of anilines is 3. The molecule has 0 atom stereocenters. The highest BCUT2D eigenvalue weighted by Crippen LogP contribution is 2.47. The van der Waals surface area contributed by atoms with Crippen LogP contribution in [0.1, 0.15) is 145 Å². The molecule has 0 unspecified atom stereocenters. The average Bonchev–Trinajstić information content (AvgIpc) is 1.58. The number of furan rings is 3. The van der Waals surface area contributed by atoms with Crippen molar-refractivity contribution in [1.29, 1.82) is 0 Å². The summed E-state index contributed by atoms with van der Waals surface area (Å²) in [6, 6.07) is 50.9. The zero-order valence-electron chi connectivity index (χ0n) is 74.0. The van der Waals surface area contributed by atoms with Gasteiger partial charge in [-0.05, 0) is 227 Å². The summed E-state index contributed by atoms with van der Waals surface area (Å²) in [5, 5.41) is 34.4. The van der Waals surface area contributed by atoms with Crippen LogP contribution in [0.2, 0.25) is 0 Å². The van der Waals surface area contributed by atoms with Crippen LogP contribution in [0.4, 0.5) is 21.5 Å². The standard InChI is InChI=1S/2C32H34N6O5S.C30H32FN3O5S/c1-7-38(44(6,41)42)26-19-27-25(18-24(26)21-9-8-10-22(17-21)30(39)35-32(2,3)4)28(31(40)33-5)29(43-27)20-11-13-23(14-12-20)37-16-15-34-36-37;1-7-37(44(6,41)42)26-19-27-25(18-24(26)21-9-8-10-22(17-21)30(39)36-32(2,3)4)28(31(40)33-5)29(43-27)20-11-13-23(14-12-20)38-34-15-16-35-38;1-7-34(40(6,37)38)24-17-25-23(26(29(36)32-5)27(39-25)18-11-13-21(31)14-12-18)16-22(24)19-9-8-10-20(15-19)28(35)33-30(2,3)4/h8-19H,7H2,1-6H3,(H,33,40)(H,35,39);8-19H,7H2,1-6H3,(H,33,40)(H,36,39);8-17H,7H2,1-6H3,(H,32,36)(H,33,35). The maximum Gasteiger partial charge on any atom is 0.255 e. The molecule has 0 spiro atoms. The number of fused-ring (bicyclic) bond motifs is 3. The predicted molar refractivity (Wildman–Crippen MR) is 496 cm³/mol. The van der Waals surface area contributed by atoms with Gasteiger partial charge < -0.3 is 45.2 Å². The first kappa shape index (κ1) is 93.0. The highest BCUT2D eigenvalue weighted by Gasteiger charge is 2.33. The normalized spacial score (nSPS) is 11.9. The first-order valence-corrected chi connectivity index (χ1v) is 46.3. The van der Waals surface area contributed by atoms with E-state index in [0.717, 1.165) is 30.1 Å². The van der Waals surface area contributed by atoms with Crippen LogP contribution in [0.25, 0.3) is 112 Å². The molecule has 0 saturated carbocycles. The number of hydrogen-bond donors (Lipinski definition) is 6. The topological polar surface area (TPSA) is 388 Å². The van der Waals surface area contributed by atoms with Gasteiger partial charge in [-0.15, -0.1) is 5.10 Å². The number of amides is 6. The Morgan fingerprint density at radius 3 is 0.945 bits per heavy atom. The minimum Gasteiger partial charge on any atom is -0.455 e. The lowest BCUT2D eigenvalue weighted by atomic mass is 9.97. The molecule has 9 aromatic carbocycles. The van der Waals surface area contributed by atoms with Crippen LogP contribution in [0.15, 0.2) is 220 Å². The Bertz CT molecular complexity index is 6650. The number of carbonyl (C=O) groups is 6. The van der Waals surface area contributed by atoms with Crippen LogP contribution in [0, 0.1) is 5.82 Å². The number of aromatic nitrogens is 6. The molecule has 6 N–H and O–H groups in total. The molecule has 0 aliphatic carbocycles. The summed E-state index contributed by atoms with van der Waals surface area (Å²) in [6.45, 7) is 22.6. The quantitative estimate of drug-likeness (QED) is 0.0346. The SMILES string of the molecule is CCN(c1cc2oc(-c3ccc(-n4ccnn4)cc3)c(C(=O)NC)c2cc1-c1cccc(C(=O)NC(C)(C)C)c1)S(C)(=O)=O.CCN(c1cc2oc(-c3ccc(-n4nccn4)cc3)c(C(=O)NC)c2cc1-c1cccc(C(=O)NC(C)(C)C)c1)S(C)(=O)=O.CCN(c1cc2oc(-c3ccc(F)cc3)c(C(=O)NC)c2cc1-c1cccc(C(=O)NC(C)(C)C)c1)S(C)(=O)=O. The smallest absolute Gasteiger partial charge is 0.255 e. The molecule has 0 aliphatic heterocycles. The highest BCUT2D eigenvalue weighted by molar-refractivity contribution is 7.92. The van der Waals surface area contributed by atoms with E-state index < -0.39 is 58.4 Å². The fraction of sp³-hybridized carbons (Fsp3) is 0.255. The van der Waals surface area contributed by atoms with Gasteiger partial charge in [0.2, 0.25) is 30.1 Å². The summed E-state index contributed by atoms with van der Waals surface area (Å²) >= 11 is 0. The van der Waals surface area contributed by atoms with E-state index in [1.165, 1.54) is 63.1 Å². The van der Waals surface area contributed by atoms with Crippen LogP contribution in [0.5, 0.6) is 0 Å². The second-order valence-corrected chi connectivity index (χ2v) is 38.9. The molecule has 5 heterocycles. The monoisotopic (exact) mass is 1790 g/mol. The highest BCUT2D eigenvalue weighted by atomic mass is 32.2. The molecule has 128 heavy (non-hydrogen) atoms. The van der Waals surface area contributed by atoms with Gasteiger partial charge in [-0.2, -0.15) is 15.0 Å². The van der Waals surface area contributed by atoms with E-state index in [9.17, 15) is 58.4 Å². The molecule has 14 rings (SSSR count). The first-order chi connectivity index (χ1) is 60.3. The summed E-state index contributed by atoms with van der Waals surface area (Å²) in [7, 11) is -6.55. The zero-order valence-corrected chi connectivity index (χ0v) is 76.5. The maximum absolute atomic E-state index is 13.6. The van der Waals surface area contributed by atoms with Gasteiger partial charge in [0.25, 0.3) is 35.4 Å². The Labute approximate surface area is 741 Å². The van der Waals surface area contributed by atoms with Crippen molar-refractivity contribution in [3.63, 3.8) is 0 Å². The van der Waals surface area contributed by atoms with Crippen LogP contribution >= 0.6 is 0 Å². The van der Waals surface area contributed by atoms with Gasteiger partial charge in [0.15, 0.2) is 0 Å². The molecule has 34 heteroatoms. The fourth-order valence-corrected chi connectivity index (χ4v) is 17.6. The van der Waals surface area contributed by atoms with Gasteiger partial charge in [0, 0.05) is 142 Å². The van der Waals surface area contributed by atoms with E-state index in [-0.39, 0.29) is 66.1 Å². The van der Waals surface area contributed by atoms with Crippen molar-refractivity contribution in [3.8, 4) is 78.7 Å². The molecule has 0 saturated heterocycles. The van der Waals surface area contributed by atoms with E-state index in [1.807, 2.05) is 98.7 Å². The Kier molecular flexibility index (Phi) is 27.0. The molecule has 0 fully saturated rings. The molecule has 0 bridgehead atoms. The van der Waals surface area contributed by atoms with E-state index in [4.69, 9.17) is 13.3 Å². The third kappa shape index (κ3) is 20.8. The molecule has 6 amide bonds. The second kappa shape index (κ2) is 37.2. The average molecular weight is 1800 g/mol. The van der Waals surface area contributed by atoms with Crippen LogP contribution < -0.4 is 44.8 Å². The van der Waals surface area contributed by atoms with E-state index in [1.54, 1.807) is 172 Å². The summed E-state index contributed by atoms with van der Waals surface area (Å²) in [5.41, 5.74) is 9.26. The van der Waals surface area contributed by atoms with Crippen molar-refractivity contribution in [2.75, 3.05) is 72.5 Å². The van der Waals surface area contributed by atoms with Crippen molar-refractivity contribution in [2.45, 2.75) is 99.7 Å². The van der Waals surface area contributed by atoms with E-state index >= 15 is 0 Å². The number of rotatable bonds is 23. The summed E-state index contributed by atoms with van der Waals surface area (Å²) in [4.78, 5) is 80.3. The Balaban J connectivity index is 0.000000174. The summed E-state index contributed by atoms with van der Waals surface area (Å²) in [6.07, 6.45) is 9.84. The molecule has 0 radical (unpaired) electrons. The van der Waals surface area contributed by atoms with Gasteiger partial charge in [-0.1, -0.05) is 41.6 Å². The minimum absolute atomic E-state index is 0.134. The van der Waals surface area contributed by atoms with E-state index in [2.05, 4.69) is 52.4 Å². The lowest BCUT2D eigenvalue weighted by Crippen LogP contribution is -2.40. The van der Waals surface area contributed by atoms with Crippen molar-refractivity contribution in [1.82, 2.24) is 61.9 Å². The minimum atomic E-state index is -3.71. The molecular weight excluding hydrogens is 1690 g/mol. The predicted octanol–water partition coefficient (Wildman–Crippen LogP) is 15.6. The van der Waals surface area contributed by atoms with Gasteiger partial charge in [-0.3, -0.25) is 41.7 Å². The second-order valence-electron chi connectivity index (χ2n) is 33.2. The lowest BCUT2D eigenvalue weighted by molar-refractivity contribution is 0.0910. The Morgan fingerprint density at radius 2 is 0.680 bits per heavy atom. The number of benzene rings is 9. The number of sulfonamides is 3. The van der Waals surface area contributed by atoms with Crippen molar-refractivity contribution in [2.24, 2.45) is 0 Å². The first-order valence-electron chi connectivity index (χ1n) is 40.7. The molecule has 0 aliphatic rings. The van der Waals surface area contributed by atoms with Gasteiger partial charge >= 0.3 is 0 Å².